The summed E-state index contributed by atoms with van der Waals surface area (Å²) in [5, 5.41) is 6.26. The Kier molecular flexibility index (Phi) is 10.4. The minimum atomic E-state index is 0. The van der Waals surface area contributed by atoms with E-state index >= 15 is 0 Å². The van der Waals surface area contributed by atoms with E-state index in [1.54, 1.807) is 7.11 Å². The van der Waals surface area contributed by atoms with Crippen LogP contribution in [0, 0.1) is 6.92 Å². The lowest BCUT2D eigenvalue weighted by atomic mass is 10.1. The van der Waals surface area contributed by atoms with Gasteiger partial charge in [0.05, 0.1) is 18.7 Å². The molecule has 132 valence electrons. The molecule has 1 amide bonds. The van der Waals surface area contributed by atoms with Gasteiger partial charge in [-0.3, -0.25) is 9.69 Å². The van der Waals surface area contributed by atoms with Crippen LogP contribution in [0.5, 0.6) is 0 Å². The van der Waals surface area contributed by atoms with Gasteiger partial charge in [0.15, 0.2) is 0 Å². The van der Waals surface area contributed by atoms with E-state index in [1.807, 2.05) is 11.9 Å². The summed E-state index contributed by atoms with van der Waals surface area (Å²) in [6.45, 7) is 4.79. The Morgan fingerprint density at radius 3 is 2.57 bits per heavy atom. The summed E-state index contributed by atoms with van der Waals surface area (Å²) in [4.78, 5) is 14.1. The number of nitrogens with zero attached hydrogens (tertiary/aromatic N) is 1. The van der Waals surface area contributed by atoms with E-state index in [2.05, 4.69) is 41.8 Å². The summed E-state index contributed by atoms with van der Waals surface area (Å²) in [5.74, 6) is 0.0420. The zero-order chi connectivity index (χ0) is 15.2. The monoisotopic (exact) mass is 363 g/mol. The second-order valence-electron chi connectivity index (χ2n) is 5.76. The second-order valence-corrected chi connectivity index (χ2v) is 5.76. The predicted octanol–water partition coefficient (Wildman–Crippen LogP) is 1.37. The lowest BCUT2D eigenvalue weighted by Gasteiger charge is -2.21. The van der Waals surface area contributed by atoms with Gasteiger partial charge in [-0.25, -0.2) is 0 Å². The maximum absolute atomic E-state index is 12.1. The molecule has 0 bridgehead atoms. The highest BCUT2D eigenvalue weighted by molar-refractivity contribution is 5.85. The molecule has 0 radical (unpaired) electrons. The molecular weight excluding hydrogens is 337 g/mol. The van der Waals surface area contributed by atoms with Crippen molar-refractivity contribution in [1.29, 1.82) is 0 Å². The highest BCUT2D eigenvalue weighted by Crippen LogP contribution is 2.06. The van der Waals surface area contributed by atoms with Gasteiger partial charge in [-0.2, -0.15) is 0 Å². The Hall–Kier alpha value is -0.850. The van der Waals surface area contributed by atoms with Gasteiger partial charge in [0.1, 0.15) is 0 Å². The van der Waals surface area contributed by atoms with Crippen molar-refractivity contribution < 1.29 is 9.53 Å². The molecule has 1 aromatic rings. The molecule has 1 aliphatic heterocycles. The van der Waals surface area contributed by atoms with Crippen molar-refractivity contribution in [2.24, 2.45) is 0 Å². The molecule has 0 unspecified atom stereocenters. The average Bonchev–Trinajstić information content (AvgIpc) is 2.88. The van der Waals surface area contributed by atoms with E-state index in [9.17, 15) is 4.79 Å². The number of carbonyl (C=O) groups is 1. The quantitative estimate of drug-likeness (QED) is 0.801. The largest absolute Gasteiger partial charge is 0.378 e. The molecule has 1 fully saturated rings. The molecule has 2 atom stereocenters. The van der Waals surface area contributed by atoms with Gasteiger partial charge in [0, 0.05) is 26.7 Å². The number of carbonyl (C=O) groups excluding carboxylic acids is 1. The molecule has 1 aromatic carbocycles. The van der Waals surface area contributed by atoms with E-state index in [1.165, 1.54) is 11.1 Å². The first-order valence-corrected chi connectivity index (χ1v) is 7.35. The SMILES string of the molecule is CO[C@H]1CNC[C@@H]1NC(=O)CN(C)Cc1ccc(C)cc1.Cl.Cl. The molecule has 2 N–H and O–H groups in total. The molecule has 1 heterocycles. The molecule has 1 saturated heterocycles. The van der Waals surface area contributed by atoms with Crippen LogP contribution < -0.4 is 10.6 Å². The molecule has 5 nitrogen and oxygen atoms in total. The number of hydrogen-bond acceptors (Lipinski definition) is 4. The first-order valence-electron chi connectivity index (χ1n) is 7.35. The van der Waals surface area contributed by atoms with E-state index in [0.717, 1.165) is 19.6 Å². The van der Waals surface area contributed by atoms with Gasteiger partial charge >= 0.3 is 0 Å². The summed E-state index contributed by atoms with van der Waals surface area (Å²) in [6, 6.07) is 8.46. The van der Waals surface area contributed by atoms with Gasteiger partial charge in [0.25, 0.3) is 0 Å². The van der Waals surface area contributed by atoms with Crippen molar-refractivity contribution >= 4 is 30.7 Å². The van der Waals surface area contributed by atoms with Crippen LogP contribution in [0.4, 0.5) is 0 Å². The predicted molar refractivity (Wildman–Crippen MR) is 97.6 cm³/mol. The van der Waals surface area contributed by atoms with Crippen LogP contribution in [0.15, 0.2) is 24.3 Å². The smallest absolute Gasteiger partial charge is 0.234 e. The first kappa shape index (κ1) is 22.1. The summed E-state index contributed by atoms with van der Waals surface area (Å²) in [5.41, 5.74) is 2.46. The normalized spacial score (nSPS) is 19.8. The van der Waals surface area contributed by atoms with Crippen LogP contribution >= 0.6 is 24.8 Å². The number of halogens is 2. The van der Waals surface area contributed by atoms with Crippen LogP contribution in [-0.4, -0.2) is 56.7 Å². The number of ether oxygens (including phenoxy) is 1. The highest BCUT2D eigenvalue weighted by atomic mass is 35.5. The summed E-state index contributed by atoms with van der Waals surface area (Å²) < 4.78 is 5.35. The fourth-order valence-corrected chi connectivity index (χ4v) is 2.61. The third-order valence-corrected chi connectivity index (χ3v) is 3.79. The number of amides is 1. The van der Waals surface area contributed by atoms with Crippen LogP contribution in [0.2, 0.25) is 0 Å². The summed E-state index contributed by atoms with van der Waals surface area (Å²) in [7, 11) is 3.64. The van der Waals surface area contributed by atoms with Gasteiger partial charge in [-0.15, -0.1) is 24.8 Å². The van der Waals surface area contributed by atoms with Crippen LogP contribution in [-0.2, 0) is 16.1 Å². The number of nitrogens with one attached hydrogen (secondary N) is 2. The molecule has 1 aliphatic rings. The lowest BCUT2D eigenvalue weighted by molar-refractivity contribution is -0.123. The fraction of sp³-hybridized carbons (Fsp3) is 0.562. The molecule has 23 heavy (non-hydrogen) atoms. The number of likely N-dealkylation sites (N-methyl/N-ethyl adjacent to an activating group) is 1. The Morgan fingerprint density at radius 2 is 1.96 bits per heavy atom. The zero-order valence-corrected chi connectivity index (χ0v) is 15.5. The average molecular weight is 364 g/mol. The van der Waals surface area contributed by atoms with Gasteiger partial charge in [0.2, 0.25) is 5.91 Å². The van der Waals surface area contributed by atoms with Crippen LogP contribution in [0.3, 0.4) is 0 Å². The minimum Gasteiger partial charge on any atom is -0.378 e. The Labute approximate surface area is 151 Å². The van der Waals surface area contributed by atoms with E-state index < -0.39 is 0 Å². The van der Waals surface area contributed by atoms with Crippen LogP contribution in [0.25, 0.3) is 0 Å². The number of rotatable bonds is 6. The van der Waals surface area contributed by atoms with E-state index in [0.29, 0.717) is 6.54 Å². The number of methoxy groups -OCH3 is 1. The Balaban J connectivity index is 0.00000242. The standard InChI is InChI=1S/C16H25N3O2.2ClH/c1-12-4-6-13(7-5-12)10-19(2)11-16(20)18-14-8-17-9-15(14)21-3;;/h4-7,14-15,17H,8-11H2,1-3H3,(H,18,20);2*1H/t14-,15-;;/m0../s1. The van der Waals surface area contributed by atoms with Crippen molar-refractivity contribution in [2.75, 3.05) is 33.8 Å². The molecule has 0 aliphatic carbocycles. The van der Waals surface area contributed by atoms with Crippen molar-refractivity contribution in [3.8, 4) is 0 Å². The van der Waals surface area contributed by atoms with Gasteiger partial charge in [-0.1, -0.05) is 29.8 Å². The fourth-order valence-electron chi connectivity index (χ4n) is 2.61. The number of hydrogen-bond donors (Lipinski definition) is 2. The molecule has 0 saturated carbocycles. The summed E-state index contributed by atoms with van der Waals surface area (Å²) >= 11 is 0. The summed E-state index contributed by atoms with van der Waals surface area (Å²) in [6.07, 6.45) is 0.0661. The molecule has 2 rings (SSSR count). The lowest BCUT2D eigenvalue weighted by Crippen LogP contribution is -2.46. The molecule has 0 spiro atoms. The first-order chi connectivity index (χ1) is 10.1. The van der Waals surface area contributed by atoms with Gasteiger partial charge < -0.3 is 15.4 Å². The number of aryl methyl sites for hydroxylation is 1. The minimum absolute atomic E-state index is 0. The molecule has 0 aromatic heterocycles. The van der Waals surface area contributed by atoms with Crippen molar-refractivity contribution in [3.05, 3.63) is 35.4 Å². The maximum atomic E-state index is 12.1. The molecule has 7 heteroatoms. The molecular formula is C16H27Cl2N3O2. The van der Waals surface area contributed by atoms with Gasteiger partial charge in [-0.05, 0) is 19.5 Å². The third kappa shape index (κ3) is 7.06. The van der Waals surface area contributed by atoms with Crippen molar-refractivity contribution in [2.45, 2.75) is 25.6 Å². The second kappa shape index (κ2) is 10.8. The Bertz CT molecular complexity index is 471. The Morgan fingerprint density at radius 1 is 1.30 bits per heavy atom. The topological polar surface area (TPSA) is 53.6 Å². The van der Waals surface area contributed by atoms with E-state index in [4.69, 9.17) is 4.74 Å². The van der Waals surface area contributed by atoms with Crippen LogP contribution in [0.1, 0.15) is 11.1 Å². The van der Waals surface area contributed by atoms with Crippen molar-refractivity contribution in [3.63, 3.8) is 0 Å². The van der Waals surface area contributed by atoms with Crippen molar-refractivity contribution in [1.82, 2.24) is 15.5 Å². The number of benzene rings is 1. The maximum Gasteiger partial charge on any atom is 0.234 e. The highest BCUT2D eigenvalue weighted by Gasteiger charge is 2.28. The zero-order valence-electron chi connectivity index (χ0n) is 13.9. The third-order valence-electron chi connectivity index (χ3n) is 3.79. The van der Waals surface area contributed by atoms with E-state index in [-0.39, 0.29) is 42.9 Å².